The largest absolute Gasteiger partial charge is 0.492 e. The fourth-order valence-electron chi connectivity index (χ4n) is 3.53. The van der Waals surface area contributed by atoms with Crippen LogP contribution in [-0.2, 0) is 10.8 Å². The maximum absolute atomic E-state index is 12.3. The van der Waals surface area contributed by atoms with Crippen LogP contribution in [0.4, 0.5) is 13.2 Å². The first kappa shape index (κ1) is 29.0. The summed E-state index contributed by atoms with van der Waals surface area (Å²) >= 11 is 0. The Hall–Kier alpha value is -2.25. The van der Waals surface area contributed by atoms with Crippen LogP contribution >= 0.6 is 0 Å². The van der Waals surface area contributed by atoms with Gasteiger partial charge in [-0.15, -0.1) is 0 Å². The zero-order valence-corrected chi connectivity index (χ0v) is 21.9. The van der Waals surface area contributed by atoms with Crippen molar-refractivity contribution in [3.05, 3.63) is 59.7 Å². The highest BCUT2D eigenvalue weighted by Gasteiger charge is 2.46. The van der Waals surface area contributed by atoms with Crippen LogP contribution in [0.25, 0.3) is 0 Å². The molecule has 3 rings (SSSR count). The molecule has 196 valence electrons. The number of ether oxygens (including phenoxy) is 2. The molecule has 0 saturated carbocycles. The van der Waals surface area contributed by atoms with Gasteiger partial charge in [-0.1, -0.05) is 65.8 Å². The van der Waals surface area contributed by atoms with Gasteiger partial charge in [-0.05, 0) is 46.2 Å². The molecule has 35 heavy (non-hydrogen) atoms. The van der Waals surface area contributed by atoms with Crippen molar-refractivity contribution in [3.63, 3.8) is 0 Å². The minimum atomic E-state index is -4.06. The quantitative estimate of drug-likeness (QED) is 0.499. The van der Waals surface area contributed by atoms with Crippen molar-refractivity contribution in [1.29, 1.82) is 0 Å². The topological polar surface area (TPSA) is 47.7 Å². The molecular formula is C28H41F3N2O2. The van der Waals surface area contributed by atoms with Gasteiger partial charge in [0.25, 0.3) is 0 Å². The van der Waals surface area contributed by atoms with Gasteiger partial charge in [0.1, 0.15) is 24.7 Å². The van der Waals surface area contributed by atoms with Crippen molar-refractivity contribution in [2.45, 2.75) is 58.5 Å². The number of alkyl halides is 3. The second kappa shape index (κ2) is 12.1. The van der Waals surface area contributed by atoms with E-state index in [0.29, 0.717) is 26.3 Å². The lowest BCUT2D eigenvalue weighted by molar-refractivity contribution is -0.209. The Labute approximate surface area is 208 Å². The Kier molecular flexibility index (Phi) is 10.0. The number of hydrogen-bond acceptors (Lipinski definition) is 4. The van der Waals surface area contributed by atoms with Gasteiger partial charge in [-0.2, -0.15) is 13.2 Å². The standard InChI is InChI=1S/C16H22F3NO.C12H19NO/c1-15(2,3)12-4-6-14(7-5-12)21-9-8-20-10-13(11-20)16(17,18)19;1-12(2,3)10-4-6-11(7-5-10)14-9-8-13/h4-7,13H,8-11H2,1-3H3;4-7H,8-9,13H2,1-3H3. The normalized spacial score (nSPS) is 15.1. The lowest BCUT2D eigenvalue weighted by Crippen LogP contribution is -2.54. The molecule has 4 nitrogen and oxygen atoms in total. The van der Waals surface area contributed by atoms with E-state index in [0.717, 1.165) is 11.5 Å². The Morgan fingerprint density at radius 2 is 1.14 bits per heavy atom. The summed E-state index contributed by atoms with van der Waals surface area (Å²) in [5.41, 5.74) is 8.20. The summed E-state index contributed by atoms with van der Waals surface area (Å²) in [6.45, 7) is 15.3. The summed E-state index contributed by atoms with van der Waals surface area (Å²) < 4.78 is 48.0. The van der Waals surface area contributed by atoms with Crippen molar-refractivity contribution in [1.82, 2.24) is 4.90 Å². The van der Waals surface area contributed by atoms with E-state index in [-0.39, 0.29) is 23.9 Å². The summed E-state index contributed by atoms with van der Waals surface area (Å²) in [4.78, 5) is 1.77. The molecule has 0 spiro atoms. The Bertz CT molecular complexity index is 877. The van der Waals surface area contributed by atoms with Crippen LogP contribution in [0.2, 0.25) is 0 Å². The van der Waals surface area contributed by atoms with Crippen LogP contribution < -0.4 is 15.2 Å². The highest BCUT2D eigenvalue weighted by atomic mass is 19.4. The first-order chi connectivity index (χ1) is 16.2. The first-order valence-corrected chi connectivity index (χ1v) is 12.2. The Morgan fingerprint density at radius 3 is 1.49 bits per heavy atom. The molecule has 0 bridgehead atoms. The third-order valence-corrected chi connectivity index (χ3v) is 5.92. The van der Waals surface area contributed by atoms with E-state index in [1.54, 1.807) is 4.90 Å². The van der Waals surface area contributed by atoms with E-state index in [4.69, 9.17) is 15.2 Å². The van der Waals surface area contributed by atoms with Crippen molar-refractivity contribution >= 4 is 0 Å². The molecule has 1 heterocycles. The number of nitrogens with zero attached hydrogens (tertiary/aromatic N) is 1. The third-order valence-electron chi connectivity index (χ3n) is 5.92. The minimum absolute atomic E-state index is 0.0931. The molecule has 0 aliphatic carbocycles. The molecule has 0 radical (unpaired) electrons. The van der Waals surface area contributed by atoms with Gasteiger partial charge in [-0.25, -0.2) is 0 Å². The summed E-state index contributed by atoms with van der Waals surface area (Å²) in [6, 6.07) is 16.1. The molecule has 0 atom stereocenters. The van der Waals surface area contributed by atoms with Crippen LogP contribution in [0, 0.1) is 5.92 Å². The molecule has 2 aromatic carbocycles. The number of nitrogens with two attached hydrogens (primary N) is 1. The van der Waals surface area contributed by atoms with Gasteiger partial charge < -0.3 is 15.2 Å². The van der Waals surface area contributed by atoms with E-state index in [1.807, 2.05) is 36.4 Å². The van der Waals surface area contributed by atoms with Crippen LogP contribution in [-0.4, -0.2) is 50.5 Å². The first-order valence-electron chi connectivity index (χ1n) is 12.2. The van der Waals surface area contributed by atoms with Gasteiger partial charge in [-0.3, -0.25) is 4.90 Å². The number of likely N-dealkylation sites (tertiary alicyclic amines) is 1. The van der Waals surface area contributed by atoms with Crippen LogP contribution in [0.1, 0.15) is 52.7 Å². The van der Waals surface area contributed by atoms with E-state index < -0.39 is 12.1 Å². The molecule has 1 saturated heterocycles. The molecule has 0 aromatic heterocycles. The second-order valence-electron chi connectivity index (χ2n) is 11.0. The predicted octanol–water partition coefficient (Wildman–Crippen LogP) is 6.18. The monoisotopic (exact) mass is 494 g/mol. The highest BCUT2D eigenvalue weighted by molar-refractivity contribution is 5.32. The summed E-state index contributed by atoms with van der Waals surface area (Å²) in [5, 5.41) is 0. The molecule has 1 aliphatic heterocycles. The van der Waals surface area contributed by atoms with Crippen LogP contribution in [0.15, 0.2) is 48.5 Å². The van der Waals surface area contributed by atoms with E-state index in [1.165, 1.54) is 11.1 Å². The average Bonchev–Trinajstić information content (AvgIpc) is 2.73. The number of halogens is 3. The fraction of sp³-hybridized carbons (Fsp3) is 0.571. The van der Waals surface area contributed by atoms with Gasteiger partial charge >= 0.3 is 6.18 Å². The Balaban J connectivity index is 0.000000269. The summed E-state index contributed by atoms with van der Waals surface area (Å²) in [5.74, 6) is 0.489. The second-order valence-corrected chi connectivity index (χ2v) is 11.0. The maximum Gasteiger partial charge on any atom is 0.394 e. The molecular weight excluding hydrogens is 453 g/mol. The third kappa shape index (κ3) is 9.73. The van der Waals surface area contributed by atoms with E-state index >= 15 is 0 Å². The molecule has 2 aromatic rings. The summed E-state index contributed by atoms with van der Waals surface area (Å²) in [7, 11) is 0. The molecule has 1 fully saturated rings. The smallest absolute Gasteiger partial charge is 0.394 e. The van der Waals surface area contributed by atoms with Gasteiger partial charge in [0.15, 0.2) is 0 Å². The SMILES string of the molecule is CC(C)(C)c1ccc(OCCN)cc1.CC(C)(C)c1ccc(OCCN2CC(C(F)(F)F)C2)cc1. The van der Waals surface area contributed by atoms with Crippen LogP contribution in [0.3, 0.4) is 0 Å². The Morgan fingerprint density at radius 1 is 0.743 bits per heavy atom. The van der Waals surface area contributed by atoms with E-state index in [2.05, 4.69) is 53.7 Å². The fourth-order valence-corrected chi connectivity index (χ4v) is 3.53. The molecule has 0 amide bonds. The summed E-state index contributed by atoms with van der Waals surface area (Å²) in [6.07, 6.45) is -4.06. The van der Waals surface area contributed by atoms with Crippen molar-refractivity contribution in [3.8, 4) is 11.5 Å². The molecule has 0 unspecified atom stereocenters. The minimum Gasteiger partial charge on any atom is -0.492 e. The molecule has 7 heteroatoms. The van der Waals surface area contributed by atoms with Gasteiger partial charge in [0, 0.05) is 26.2 Å². The highest BCUT2D eigenvalue weighted by Crippen LogP contribution is 2.33. The number of hydrogen-bond donors (Lipinski definition) is 1. The van der Waals surface area contributed by atoms with E-state index in [9.17, 15) is 13.2 Å². The number of rotatable bonds is 7. The molecule has 2 N–H and O–H groups in total. The van der Waals surface area contributed by atoms with Crippen molar-refractivity contribution in [2.75, 3.05) is 39.4 Å². The zero-order chi connectivity index (χ0) is 26.3. The maximum atomic E-state index is 12.3. The van der Waals surface area contributed by atoms with Crippen molar-refractivity contribution < 1.29 is 22.6 Å². The predicted molar refractivity (Wildman–Crippen MR) is 136 cm³/mol. The molecule has 1 aliphatic rings. The lowest BCUT2D eigenvalue weighted by Gasteiger charge is -2.39. The number of benzene rings is 2. The van der Waals surface area contributed by atoms with Crippen LogP contribution in [0.5, 0.6) is 11.5 Å². The van der Waals surface area contributed by atoms with Gasteiger partial charge in [0.2, 0.25) is 0 Å². The lowest BCUT2D eigenvalue weighted by atomic mass is 9.87. The average molecular weight is 495 g/mol. The van der Waals surface area contributed by atoms with Gasteiger partial charge in [0.05, 0.1) is 5.92 Å². The van der Waals surface area contributed by atoms with Crippen molar-refractivity contribution in [2.24, 2.45) is 11.7 Å². The zero-order valence-electron chi connectivity index (χ0n) is 21.9.